The fourth-order valence-electron chi connectivity index (χ4n) is 1.58. The Morgan fingerprint density at radius 1 is 1.30 bits per heavy atom. The lowest BCUT2D eigenvalue weighted by molar-refractivity contribution is 0.580. The van der Waals surface area contributed by atoms with Crippen molar-refractivity contribution in [3.63, 3.8) is 0 Å². The number of nitrogens with zero attached hydrogens (tertiary/aromatic N) is 1. The molecule has 0 aliphatic heterocycles. The van der Waals surface area contributed by atoms with Gasteiger partial charge in [0.1, 0.15) is 4.90 Å². The molecular formula is C11H11Br2N3O2S2. The first-order chi connectivity index (χ1) is 9.40. The maximum Gasteiger partial charge on any atom is 0.242 e. The maximum absolute atomic E-state index is 12.3. The third-order valence-corrected chi connectivity index (χ3v) is 6.42. The number of hydrogen-bond acceptors (Lipinski definition) is 5. The molecule has 20 heavy (non-hydrogen) atoms. The minimum absolute atomic E-state index is 0.143. The molecule has 5 nitrogen and oxygen atoms in total. The van der Waals surface area contributed by atoms with Crippen LogP contribution in [0, 0.1) is 0 Å². The van der Waals surface area contributed by atoms with Crippen LogP contribution in [0.2, 0.25) is 0 Å². The van der Waals surface area contributed by atoms with Gasteiger partial charge in [0.2, 0.25) is 10.0 Å². The number of aromatic nitrogens is 1. The Bertz CT molecular complexity index is 679. The first-order valence-electron chi connectivity index (χ1n) is 5.51. The van der Waals surface area contributed by atoms with Gasteiger partial charge in [-0.15, -0.1) is 11.3 Å². The average Bonchev–Trinajstić information content (AvgIpc) is 2.79. The Balaban J connectivity index is 2.14. The molecule has 0 atom stereocenters. The zero-order chi connectivity index (χ0) is 14.8. The Labute approximate surface area is 137 Å². The predicted molar refractivity (Wildman–Crippen MR) is 87.3 cm³/mol. The van der Waals surface area contributed by atoms with Gasteiger partial charge in [-0.2, -0.15) is 0 Å². The molecule has 0 aliphatic carbocycles. The van der Waals surface area contributed by atoms with Crippen molar-refractivity contribution in [3.8, 4) is 0 Å². The van der Waals surface area contributed by atoms with E-state index in [9.17, 15) is 8.42 Å². The molecule has 108 valence electrons. The summed E-state index contributed by atoms with van der Waals surface area (Å²) in [5, 5.41) is 1.89. The van der Waals surface area contributed by atoms with Crippen molar-refractivity contribution >= 4 is 58.9 Å². The third-order valence-electron chi connectivity index (χ3n) is 2.45. The van der Waals surface area contributed by atoms with Gasteiger partial charge in [0.05, 0.1) is 11.2 Å². The monoisotopic (exact) mass is 439 g/mol. The summed E-state index contributed by atoms with van der Waals surface area (Å²) in [6.45, 7) is 0.287. The summed E-state index contributed by atoms with van der Waals surface area (Å²) >= 11 is 7.93. The molecule has 3 N–H and O–H groups in total. The Morgan fingerprint density at radius 3 is 2.50 bits per heavy atom. The Morgan fingerprint density at radius 2 is 1.95 bits per heavy atom. The molecular weight excluding hydrogens is 430 g/mol. The molecule has 0 aliphatic rings. The molecule has 2 rings (SSSR count). The molecule has 9 heteroatoms. The number of thiazole rings is 1. The summed E-state index contributed by atoms with van der Waals surface area (Å²) in [7, 11) is -3.62. The highest BCUT2D eigenvalue weighted by Gasteiger charge is 2.21. The van der Waals surface area contributed by atoms with E-state index in [0.29, 0.717) is 21.1 Å². The predicted octanol–water partition coefficient (Wildman–Crippen LogP) is 2.77. The fourth-order valence-corrected chi connectivity index (χ4v) is 5.82. The summed E-state index contributed by atoms with van der Waals surface area (Å²) in [6, 6.07) is 3.11. The number of anilines is 1. The van der Waals surface area contributed by atoms with Crippen molar-refractivity contribution in [1.29, 1.82) is 0 Å². The lowest BCUT2D eigenvalue weighted by atomic mass is 10.3. The number of hydrogen-bond donors (Lipinski definition) is 2. The second-order valence-corrected chi connectivity index (χ2v) is 8.07. The van der Waals surface area contributed by atoms with Gasteiger partial charge in [-0.05, 0) is 44.0 Å². The van der Waals surface area contributed by atoms with Crippen molar-refractivity contribution < 1.29 is 8.42 Å². The number of nitrogens with two attached hydrogens (primary N) is 1. The van der Waals surface area contributed by atoms with Crippen LogP contribution in [0.15, 0.2) is 36.9 Å². The van der Waals surface area contributed by atoms with Gasteiger partial charge in [0.25, 0.3) is 0 Å². The normalized spacial score (nSPS) is 11.7. The number of nitrogen functional groups attached to an aromatic ring is 1. The van der Waals surface area contributed by atoms with E-state index in [2.05, 4.69) is 41.6 Å². The lowest BCUT2D eigenvalue weighted by Crippen LogP contribution is -2.26. The van der Waals surface area contributed by atoms with Crippen molar-refractivity contribution in [2.45, 2.75) is 11.3 Å². The van der Waals surface area contributed by atoms with Crippen LogP contribution >= 0.6 is 43.2 Å². The lowest BCUT2D eigenvalue weighted by Gasteiger charge is -2.10. The minimum Gasteiger partial charge on any atom is -0.399 e. The highest BCUT2D eigenvalue weighted by atomic mass is 79.9. The average molecular weight is 441 g/mol. The Kier molecular flexibility index (Phi) is 5.19. The van der Waals surface area contributed by atoms with E-state index in [1.54, 1.807) is 17.6 Å². The largest absolute Gasteiger partial charge is 0.399 e. The second kappa shape index (κ2) is 6.52. The number of benzene rings is 1. The Hall–Kier alpha value is -0.480. The van der Waals surface area contributed by atoms with E-state index in [4.69, 9.17) is 5.73 Å². The molecule has 0 saturated heterocycles. The van der Waals surface area contributed by atoms with Gasteiger partial charge in [-0.1, -0.05) is 0 Å². The third kappa shape index (κ3) is 3.79. The van der Waals surface area contributed by atoms with Crippen LogP contribution in [0.25, 0.3) is 0 Å². The zero-order valence-electron chi connectivity index (χ0n) is 10.1. The quantitative estimate of drug-likeness (QED) is 0.700. The highest BCUT2D eigenvalue weighted by Crippen LogP contribution is 2.32. The van der Waals surface area contributed by atoms with E-state index in [0.717, 1.165) is 5.69 Å². The van der Waals surface area contributed by atoms with Crippen LogP contribution in [-0.4, -0.2) is 19.9 Å². The van der Waals surface area contributed by atoms with Crippen molar-refractivity contribution in [2.24, 2.45) is 0 Å². The number of halogens is 2. The zero-order valence-corrected chi connectivity index (χ0v) is 14.9. The number of sulfonamides is 1. The van der Waals surface area contributed by atoms with Gasteiger partial charge in [0.15, 0.2) is 0 Å². The van der Waals surface area contributed by atoms with Gasteiger partial charge >= 0.3 is 0 Å². The van der Waals surface area contributed by atoms with Gasteiger partial charge in [0, 0.05) is 33.0 Å². The summed E-state index contributed by atoms with van der Waals surface area (Å²) in [6.07, 6.45) is 0.549. The molecule has 2 aromatic rings. The number of nitrogens with one attached hydrogen (secondary N) is 1. The molecule has 0 unspecified atom stereocenters. The highest BCUT2D eigenvalue weighted by molar-refractivity contribution is 9.11. The van der Waals surface area contributed by atoms with E-state index >= 15 is 0 Å². The van der Waals surface area contributed by atoms with Crippen molar-refractivity contribution in [3.05, 3.63) is 37.7 Å². The molecule has 0 spiro atoms. The maximum atomic E-state index is 12.3. The van der Waals surface area contributed by atoms with Crippen molar-refractivity contribution in [2.75, 3.05) is 12.3 Å². The molecule has 0 saturated carbocycles. The standard InChI is InChI=1S/C11H11Br2N3O2S2/c12-9-3-7(14)4-10(13)11(9)20(17,18)16-2-1-8-5-19-6-15-8/h3-6,16H,1-2,14H2. The van der Waals surface area contributed by atoms with Crippen LogP contribution in [-0.2, 0) is 16.4 Å². The first kappa shape index (κ1) is 15.9. The summed E-state index contributed by atoms with van der Waals surface area (Å²) in [5.74, 6) is 0. The molecule has 0 amide bonds. The van der Waals surface area contributed by atoms with Crippen molar-refractivity contribution in [1.82, 2.24) is 9.71 Å². The van der Waals surface area contributed by atoms with Crippen LogP contribution in [0.3, 0.4) is 0 Å². The topological polar surface area (TPSA) is 85.1 Å². The molecule has 0 bridgehead atoms. The van der Waals surface area contributed by atoms with Gasteiger partial charge < -0.3 is 5.73 Å². The van der Waals surface area contributed by atoms with Crippen LogP contribution in [0.5, 0.6) is 0 Å². The first-order valence-corrected chi connectivity index (χ1v) is 9.52. The fraction of sp³-hybridized carbons (Fsp3) is 0.182. The summed E-state index contributed by atoms with van der Waals surface area (Å²) in [4.78, 5) is 4.25. The summed E-state index contributed by atoms with van der Waals surface area (Å²) in [5.41, 5.74) is 8.72. The number of rotatable bonds is 5. The summed E-state index contributed by atoms with van der Waals surface area (Å²) < 4.78 is 28.0. The molecule has 0 fully saturated rings. The van der Waals surface area contributed by atoms with E-state index < -0.39 is 10.0 Å². The van der Waals surface area contributed by atoms with Crippen LogP contribution in [0.1, 0.15) is 5.69 Å². The second-order valence-electron chi connectivity index (χ2n) is 3.94. The molecule has 1 aromatic heterocycles. The van der Waals surface area contributed by atoms with Crippen LogP contribution in [0.4, 0.5) is 5.69 Å². The van der Waals surface area contributed by atoms with Gasteiger partial charge in [-0.3, -0.25) is 0 Å². The van der Waals surface area contributed by atoms with Crippen LogP contribution < -0.4 is 10.5 Å². The minimum atomic E-state index is -3.62. The SMILES string of the molecule is Nc1cc(Br)c(S(=O)(=O)NCCc2cscn2)c(Br)c1. The van der Waals surface area contributed by atoms with Gasteiger partial charge in [-0.25, -0.2) is 18.1 Å². The van der Waals surface area contributed by atoms with E-state index in [1.165, 1.54) is 11.3 Å². The molecule has 1 aromatic carbocycles. The van der Waals surface area contributed by atoms with E-state index in [1.807, 2.05) is 5.38 Å². The van der Waals surface area contributed by atoms with E-state index in [-0.39, 0.29) is 11.4 Å². The molecule has 0 radical (unpaired) electrons. The molecule has 1 heterocycles. The smallest absolute Gasteiger partial charge is 0.242 e.